The SMILES string of the molecule is CC1(C)C(=O)NC(=O)N1CO.O=C1CN(CO)C(=O)N1. The Bertz CT molecular complexity index is 449. The van der Waals surface area contributed by atoms with E-state index in [9.17, 15) is 19.2 Å². The maximum Gasteiger partial charge on any atom is 0.326 e. The highest BCUT2D eigenvalue weighted by atomic mass is 16.3. The summed E-state index contributed by atoms with van der Waals surface area (Å²) < 4.78 is 0. The Balaban J connectivity index is 0.000000204. The predicted molar refractivity (Wildman–Crippen MR) is 63.9 cm³/mol. The first-order valence-electron chi connectivity index (χ1n) is 5.67. The van der Waals surface area contributed by atoms with Crippen molar-refractivity contribution in [2.45, 2.75) is 19.4 Å². The van der Waals surface area contributed by atoms with Gasteiger partial charge in [0.1, 0.15) is 25.5 Å². The van der Waals surface area contributed by atoms with E-state index in [0.29, 0.717) is 0 Å². The van der Waals surface area contributed by atoms with Crippen LogP contribution in [0.2, 0.25) is 0 Å². The molecule has 6 amide bonds. The Morgan fingerprint density at radius 2 is 1.65 bits per heavy atom. The molecule has 2 aliphatic heterocycles. The quantitative estimate of drug-likeness (QED) is 0.423. The summed E-state index contributed by atoms with van der Waals surface area (Å²) >= 11 is 0. The van der Waals surface area contributed by atoms with Crippen molar-refractivity contribution in [2.24, 2.45) is 0 Å². The fourth-order valence-corrected chi connectivity index (χ4v) is 1.53. The first-order chi connectivity index (χ1) is 9.23. The molecule has 112 valence electrons. The Morgan fingerprint density at radius 3 is 1.85 bits per heavy atom. The van der Waals surface area contributed by atoms with Crippen molar-refractivity contribution in [2.75, 3.05) is 20.0 Å². The summed E-state index contributed by atoms with van der Waals surface area (Å²) in [6.45, 7) is 2.27. The van der Waals surface area contributed by atoms with Gasteiger partial charge in [0.15, 0.2) is 0 Å². The number of hydrogen-bond donors (Lipinski definition) is 4. The first-order valence-corrected chi connectivity index (χ1v) is 5.67. The van der Waals surface area contributed by atoms with Gasteiger partial charge in [-0.15, -0.1) is 0 Å². The van der Waals surface area contributed by atoms with E-state index >= 15 is 0 Å². The molecule has 0 bridgehead atoms. The second-order valence-electron chi connectivity index (χ2n) is 4.58. The zero-order valence-corrected chi connectivity index (χ0v) is 11.0. The Morgan fingerprint density at radius 1 is 1.05 bits per heavy atom. The van der Waals surface area contributed by atoms with Gasteiger partial charge >= 0.3 is 12.1 Å². The van der Waals surface area contributed by atoms with Gasteiger partial charge in [0.2, 0.25) is 5.91 Å². The number of rotatable bonds is 2. The fraction of sp³-hybridized carbons (Fsp3) is 0.600. The van der Waals surface area contributed by atoms with Gasteiger partial charge < -0.3 is 10.2 Å². The monoisotopic (exact) mass is 288 g/mol. The summed E-state index contributed by atoms with van der Waals surface area (Å²) in [5, 5.41) is 21.2. The van der Waals surface area contributed by atoms with Crippen LogP contribution in [0, 0.1) is 0 Å². The number of carbonyl (C=O) groups is 4. The number of carbonyl (C=O) groups excluding carboxylic acids is 4. The van der Waals surface area contributed by atoms with Gasteiger partial charge in [-0.2, -0.15) is 0 Å². The summed E-state index contributed by atoms with van der Waals surface area (Å²) in [5.41, 5.74) is -0.925. The number of hydrogen-bond acceptors (Lipinski definition) is 6. The number of urea groups is 2. The zero-order valence-electron chi connectivity index (χ0n) is 11.0. The minimum atomic E-state index is -0.925. The van der Waals surface area contributed by atoms with E-state index in [1.165, 1.54) is 0 Å². The predicted octanol–water partition coefficient (Wildman–Crippen LogP) is -2.25. The topological polar surface area (TPSA) is 139 Å². The molecular formula is C10H16N4O6. The van der Waals surface area contributed by atoms with Gasteiger partial charge in [-0.05, 0) is 13.8 Å². The lowest BCUT2D eigenvalue weighted by Crippen LogP contribution is -2.44. The van der Waals surface area contributed by atoms with E-state index in [1.54, 1.807) is 13.8 Å². The van der Waals surface area contributed by atoms with Crippen LogP contribution in [-0.4, -0.2) is 69.4 Å². The van der Waals surface area contributed by atoms with E-state index in [0.717, 1.165) is 9.80 Å². The molecule has 2 aliphatic rings. The highest BCUT2D eigenvalue weighted by molar-refractivity contribution is 6.06. The second-order valence-corrected chi connectivity index (χ2v) is 4.58. The zero-order chi connectivity index (χ0) is 15.5. The van der Waals surface area contributed by atoms with E-state index in [2.05, 4.69) is 5.32 Å². The molecule has 0 aromatic heterocycles. The lowest BCUT2D eigenvalue weighted by molar-refractivity contribution is -0.126. The van der Waals surface area contributed by atoms with E-state index in [4.69, 9.17) is 10.2 Å². The number of imide groups is 2. The molecular weight excluding hydrogens is 272 g/mol. The molecule has 2 heterocycles. The smallest absolute Gasteiger partial charge is 0.326 e. The van der Waals surface area contributed by atoms with Crippen LogP contribution in [0.1, 0.15) is 13.8 Å². The molecule has 20 heavy (non-hydrogen) atoms. The van der Waals surface area contributed by atoms with Crippen molar-refractivity contribution in [1.29, 1.82) is 0 Å². The van der Waals surface area contributed by atoms with Crippen LogP contribution in [0.3, 0.4) is 0 Å². The average molecular weight is 288 g/mol. The van der Waals surface area contributed by atoms with Gasteiger partial charge in [-0.3, -0.25) is 30.0 Å². The summed E-state index contributed by atoms with van der Waals surface area (Å²) in [6, 6.07) is -1.06. The summed E-state index contributed by atoms with van der Waals surface area (Å²) in [6.07, 6.45) is 0. The van der Waals surface area contributed by atoms with Gasteiger partial charge in [-0.25, -0.2) is 9.59 Å². The van der Waals surface area contributed by atoms with Crippen LogP contribution in [-0.2, 0) is 9.59 Å². The summed E-state index contributed by atoms with van der Waals surface area (Å²) in [7, 11) is 0. The van der Waals surface area contributed by atoms with Crippen molar-refractivity contribution in [1.82, 2.24) is 20.4 Å². The summed E-state index contributed by atoms with van der Waals surface area (Å²) in [5.74, 6) is -0.745. The molecule has 2 rings (SSSR count). The lowest BCUT2D eigenvalue weighted by atomic mass is 10.1. The standard InChI is InChI=1S/C6H10N2O3.C4H6N2O3/c1-6(2)4(10)7-5(11)8(6)3-9;7-2-6-1-3(8)5-4(6)9/h9H,3H2,1-2H3,(H,7,10,11);7H,1-2H2,(H,5,8,9). The minimum absolute atomic E-state index is 0.0324. The summed E-state index contributed by atoms with van der Waals surface area (Å²) in [4.78, 5) is 44.7. The van der Waals surface area contributed by atoms with Crippen molar-refractivity contribution in [3.05, 3.63) is 0 Å². The lowest BCUT2D eigenvalue weighted by Gasteiger charge is -2.24. The van der Waals surface area contributed by atoms with E-state index in [1.807, 2.05) is 5.32 Å². The van der Waals surface area contributed by atoms with Crippen molar-refractivity contribution >= 4 is 23.9 Å². The van der Waals surface area contributed by atoms with Crippen molar-refractivity contribution in [3.8, 4) is 0 Å². The van der Waals surface area contributed by atoms with Gasteiger partial charge in [0.25, 0.3) is 5.91 Å². The number of nitrogens with zero attached hydrogens (tertiary/aromatic N) is 2. The van der Waals surface area contributed by atoms with Crippen LogP contribution in [0.4, 0.5) is 9.59 Å². The van der Waals surface area contributed by atoms with E-state index in [-0.39, 0.29) is 18.4 Å². The normalized spacial score (nSPS) is 20.6. The number of nitrogens with one attached hydrogen (secondary N) is 2. The molecule has 2 fully saturated rings. The van der Waals surface area contributed by atoms with Crippen molar-refractivity contribution < 1.29 is 29.4 Å². The van der Waals surface area contributed by atoms with Gasteiger partial charge in [0, 0.05) is 0 Å². The Kier molecular flexibility index (Phi) is 4.63. The molecule has 0 atom stereocenters. The molecule has 0 unspecified atom stereocenters. The maximum absolute atomic E-state index is 11.0. The number of aliphatic hydroxyl groups excluding tert-OH is 2. The number of aliphatic hydroxyl groups is 2. The second kappa shape index (κ2) is 5.84. The molecule has 0 aromatic rings. The maximum atomic E-state index is 11.0. The molecule has 0 radical (unpaired) electrons. The molecule has 4 N–H and O–H groups in total. The molecule has 0 aliphatic carbocycles. The van der Waals surface area contributed by atoms with Gasteiger partial charge in [0.05, 0.1) is 0 Å². The highest BCUT2D eigenvalue weighted by Crippen LogP contribution is 2.19. The van der Waals surface area contributed by atoms with Crippen LogP contribution in [0.5, 0.6) is 0 Å². The van der Waals surface area contributed by atoms with Crippen molar-refractivity contribution in [3.63, 3.8) is 0 Å². The first kappa shape index (κ1) is 15.9. The number of amides is 6. The average Bonchev–Trinajstić information content (AvgIpc) is 2.77. The van der Waals surface area contributed by atoms with Crippen LogP contribution >= 0.6 is 0 Å². The van der Waals surface area contributed by atoms with E-state index < -0.39 is 31.1 Å². The Labute approximate surface area is 114 Å². The molecule has 0 aromatic carbocycles. The molecule has 0 saturated carbocycles. The fourth-order valence-electron chi connectivity index (χ4n) is 1.53. The van der Waals surface area contributed by atoms with Crippen LogP contribution in [0.25, 0.3) is 0 Å². The molecule has 0 spiro atoms. The molecule has 10 nitrogen and oxygen atoms in total. The minimum Gasteiger partial charge on any atom is -0.376 e. The largest absolute Gasteiger partial charge is 0.376 e. The third-order valence-corrected chi connectivity index (χ3v) is 2.88. The third kappa shape index (κ3) is 3.03. The third-order valence-electron chi connectivity index (χ3n) is 2.88. The Hall–Kier alpha value is -2.20. The molecule has 2 saturated heterocycles. The highest BCUT2D eigenvalue weighted by Gasteiger charge is 2.44. The van der Waals surface area contributed by atoms with Crippen LogP contribution < -0.4 is 10.6 Å². The van der Waals surface area contributed by atoms with Gasteiger partial charge in [-0.1, -0.05) is 0 Å². The van der Waals surface area contributed by atoms with Crippen LogP contribution in [0.15, 0.2) is 0 Å². The molecule has 10 heteroatoms.